The Morgan fingerprint density at radius 3 is 2.18 bits per heavy atom. The van der Waals surface area contributed by atoms with Crippen LogP contribution in [-0.4, -0.2) is 29.6 Å². The molecule has 1 atom stereocenters. The number of hydrogen-bond acceptors (Lipinski definition) is 4. The lowest BCUT2D eigenvalue weighted by Crippen LogP contribution is -2.33. The number of amides is 1. The van der Waals surface area contributed by atoms with E-state index in [0.29, 0.717) is 6.07 Å². The van der Waals surface area contributed by atoms with Crippen molar-refractivity contribution in [1.82, 2.24) is 9.55 Å². The van der Waals surface area contributed by atoms with Crippen LogP contribution in [0, 0.1) is 5.82 Å². The average molecular weight is 430 g/mol. The first kappa shape index (κ1) is 21.6. The van der Waals surface area contributed by atoms with Crippen LogP contribution in [0.25, 0.3) is 0 Å². The summed E-state index contributed by atoms with van der Waals surface area (Å²) in [7, 11) is -7.16. The minimum atomic E-state index is -10.1. The molecule has 0 radical (unpaired) electrons. The normalized spacial score (nSPS) is 15.5. The van der Waals surface area contributed by atoms with E-state index in [-0.39, 0.29) is 23.8 Å². The lowest BCUT2D eigenvalue weighted by molar-refractivity contribution is 0.0995. The zero-order chi connectivity index (χ0) is 21.7. The van der Waals surface area contributed by atoms with Gasteiger partial charge in [-0.15, -0.1) is 0 Å². The van der Waals surface area contributed by atoms with Gasteiger partial charge in [0.05, 0.1) is 6.04 Å². The summed E-state index contributed by atoms with van der Waals surface area (Å²) in [5.41, 5.74) is 3.44. The molecule has 156 valence electrons. The number of nitrogens with zero attached hydrogens (tertiary/aromatic N) is 3. The first-order valence-corrected chi connectivity index (χ1v) is 9.51. The summed E-state index contributed by atoms with van der Waals surface area (Å²) in [6, 6.07) is -0.165. The van der Waals surface area contributed by atoms with E-state index in [1.165, 1.54) is 25.9 Å². The molecule has 0 fully saturated rings. The quantitative estimate of drug-likeness (QED) is 0.732. The summed E-state index contributed by atoms with van der Waals surface area (Å²) >= 11 is 0. The molecule has 2 rings (SSSR count). The molecule has 6 nitrogen and oxygen atoms in total. The predicted octanol–water partition coefficient (Wildman–Crippen LogP) is 3.81. The standard InChI is InChI=1S/C15H16F6N4O2S/c1-8(10-5-4-9(6-11(10)16)28(17,18,19,20)21)25-13(26)7-12(14(22)27)23-15(25)24(2)3/h4-8H,1-3H3,(H2,22,27)/t8-/m1/s1. The summed E-state index contributed by atoms with van der Waals surface area (Å²) in [5.74, 6) is -2.70. The number of hydrogen-bond donors (Lipinski definition) is 1. The Morgan fingerprint density at radius 1 is 1.18 bits per heavy atom. The third kappa shape index (κ3) is 4.24. The van der Waals surface area contributed by atoms with Gasteiger partial charge >= 0.3 is 10.2 Å². The maximum Gasteiger partial charge on any atom is 0.310 e. The Kier molecular flexibility index (Phi) is 4.55. The van der Waals surface area contributed by atoms with Gasteiger partial charge in [0.25, 0.3) is 11.5 Å². The molecule has 0 saturated heterocycles. The zero-order valence-corrected chi connectivity index (χ0v) is 15.6. The van der Waals surface area contributed by atoms with Crippen LogP contribution in [0.15, 0.2) is 34.0 Å². The molecule has 0 aliphatic carbocycles. The van der Waals surface area contributed by atoms with Crippen LogP contribution in [0.5, 0.6) is 0 Å². The summed E-state index contributed by atoms with van der Waals surface area (Å²) in [4.78, 5) is 26.5. The van der Waals surface area contributed by atoms with E-state index >= 15 is 0 Å². The Bertz CT molecular complexity index is 1020. The highest BCUT2D eigenvalue weighted by molar-refractivity contribution is 8.45. The summed E-state index contributed by atoms with van der Waals surface area (Å²) in [6.45, 7) is 1.26. The van der Waals surface area contributed by atoms with Crippen molar-refractivity contribution in [2.24, 2.45) is 5.73 Å². The predicted molar refractivity (Wildman–Crippen MR) is 93.0 cm³/mol. The van der Waals surface area contributed by atoms with Crippen molar-refractivity contribution in [1.29, 1.82) is 0 Å². The molecular weight excluding hydrogens is 414 g/mol. The van der Waals surface area contributed by atoms with E-state index in [1.54, 1.807) is 0 Å². The van der Waals surface area contributed by atoms with Crippen molar-refractivity contribution in [3.8, 4) is 0 Å². The van der Waals surface area contributed by atoms with E-state index in [4.69, 9.17) is 5.73 Å². The third-order valence-corrected chi connectivity index (χ3v) is 4.99. The summed E-state index contributed by atoms with van der Waals surface area (Å²) < 4.78 is 79.5. The maximum atomic E-state index is 14.3. The minimum absolute atomic E-state index is 0.0576. The molecule has 1 aromatic heterocycles. The van der Waals surface area contributed by atoms with Gasteiger partial charge in [0.2, 0.25) is 5.95 Å². The van der Waals surface area contributed by atoms with E-state index < -0.39 is 44.0 Å². The number of rotatable bonds is 5. The molecule has 1 aromatic carbocycles. The Morgan fingerprint density at radius 2 is 1.75 bits per heavy atom. The Balaban J connectivity index is 2.67. The number of aromatic nitrogens is 2. The van der Waals surface area contributed by atoms with Gasteiger partial charge < -0.3 is 10.6 Å². The molecule has 0 aliphatic rings. The smallest absolute Gasteiger partial charge is 0.310 e. The van der Waals surface area contributed by atoms with Crippen molar-refractivity contribution in [2.45, 2.75) is 17.9 Å². The van der Waals surface area contributed by atoms with Crippen LogP contribution >= 0.6 is 10.2 Å². The fourth-order valence-corrected chi connectivity index (χ4v) is 3.16. The van der Waals surface area contributed by atoms with Gasteiger partial charge in [-0.2, -0.15) is 0 Å². The molecule has 13 heteroatoms. The van der Waals surface area contributed by atoms with E-state index in [9.17, 15) is 33.4 Å². The van der Waals surface area contributed by atoms with Crippen molar-refractivity contribution in [3.05, 3.63) is 51.7 Å². The molecule has 0 saturated carbocycles. The first-order valence-electron chi connectivity index (χ1n) is 7.56. The largest absolute Gasteiger partial charge is 0.364 e. The van der Waals surface area contributed by atoms with Crippen LogP contribution in [0.2, 0.25) is 0 Å². The monoisotopic (exact) mass is 430 g/mol. The van der Waals surface area contributed by atoms with Crippen LogP contribution in [0.3, 0.4) is 0 Å². The highest BCUT2D eigenvalue weighted by Crippen LogP contribution is 3.02. The first-order chi connectivity index (χ1) is 12.4. The fourth-order valence-electron chi connectivity index (χ4n) is 2.51. The van der Waals surface area contributed by atoms with Gasteiger partial charge in [0.15, 0.2) is 0 Å². The van der Waals surface area contributed by atoms with Gasteiger partial charge in [-0.1, -0.05) is 25.5 Å². The van der Waals surface area contributed by atoms with Gasteiger partial charge in [-0.3, -0.25) is 14.2 Å². The van der Waals surface area contributed by atoms with Crippen molar-refractivity contribution >= 4 is 22.1 Å². The second-order valence-electron chi connectivity index (χ2n) is 6.24. The van der Waals surface area contributed by atoms with Gasteiger partial charge in [0.1, 0.15) is 16.4 Å². The van der Waals surface area contributed by atoms with Crippen molar-refractivity contribution in [2.75, 3.05) is 19.0 Å². The van der Waals surface area contributed by atoms with E-state index in [1.807, 2.05) is 0 Å². The van der Waals surface area contributed by atoms with Crippen molar-refractivity contribution < 1.29 is 28.6 Å². The minimum Gasteiger partial charge on any atom is -0.364 e. The fraction of sp³-hybridized carbons (Fsp3) is 0.267. The maximum absolute atomic E-state index is 14.3. The second kappa shape index (κ2) is 5.90. The van der Waals surface area contributed by atoms with Gasteiger partial charge in [0, 0.05) is 25.7 Å². The van der Waals surface area contributed by atoms with E-state index in [2.05, 4.69) is 4.98 Å². The molecule has 28 heavy (non-hydrogen) atoms. The number of carbonyl (C=O) groups excluding carboxylic acids is 1. The molecule has 0 spiro atoms. The number of carbonyl (C=O) groups is 1. The number of benzene rings is 1. The SMILES string of the molecule is C[C@H](c1ccc(S(F)(F)(F)(F)F)cc1F)n1c(N(C)C)nc(C(N)=O)cc1=O. The van der Waals surface area contributed by atoms with E-state index in [0.717, 1.165) is 10.6 Å². The topological polar surface area (TPSA) is 81.2 Å². The zero-order valence-electron chi connectivity index (χ0n) is 14.8. The number of anilines is 1. The molecule has 0 aliphatic heterocycles. The lowest BCUT2D eigenvalue weighted by Gasteiger charge is -2.40. The molecular formula is C15H16F6N4O2S. The van der Waals surface area contributed by atoms with Crippen LogP contribution in [0.4, 0.5) is 29.8 Å². The van der Waals surface area contributed by atoms with Crippen LogP contribution in [-0.2, 0) is 0 Å². The third-order valence-electron chi connectivity index (χ3n) is 3.84. The van der Waals surface area contributed by atoms with Gasteiger partial charge in [-0.05, 0) is 19.1 Å². The van der Waals surface area contributed by atoms with Gasteiger partial charge in [-0.25, -0.2) is 9.37 Å². The molecule has 0 unspecified atom stereocenters. The highest BCUT2D eigenvalue weighted by Gasteiger charge is 2.65. The molecule has 0 bridgehead atoms. The Labute approximate surface area is 155 Å². The number of primary amides is 1. The number of halogens is 6. The van der Waals surface area contributed by atoms with Crippen molar-refractivity contribution in [3.63, 3.8) is 0 Å². The second-order valence-corrected chi connectivity index (χ2v) is 8.65. The molecule has 2 N–H and O–H groups in total. The molecule has 1 heterocycles. The molecule has 1 amide bonds. The molecule has 2 aromatic rings. The Hall–Kier alpha value is -2.70. The summed E-state index contributed by atoms with van der Waals surface area (Å²) in [5, 5.41) is 0. The number of nitrogens with two attached hydrogens (primary N) is 1. The highest BCUT2D eigenvalue weighted by atomic mass is 32.5. The average Bonchev–Trinajstić information content (AvgIpc) is 2.50. The van der Waals surface area contributed by atoms with Crippen LogP contribution < -0.4 is 16.2 Å². The lowest BCUT2D eigenvalue weighted by atomic mass is 10.1. The van der Waals surface area contributed by atoms with Crippen LogP contribution in [0.1, 0.15) is 29.0 Å². The summed E-state index contributed by atoms with van der Waals surface area (Å²) in [6.07, 6.45) is 0.